The molecule has 0 fully saturated rings. The Balaban J connectivity index is 1.99. The number of pyridine rings is 1. The highest BCUT2D eigenvalue weighted by atomic mass is 15.3. The molecule has 1 aromatic carbocycles. The molecule has 0 saturated carbocycles. The van der Waals surface area contributed by atoms with Crippen LogP contribution in [0.15, 0.2) is 67.3 Å². The molecule has 0 atom stereocenters. The Morgan fingerprint density at radius 3 is 2.47 bits per heavy atom. The predicted molar refractivity (Wildman–Crippen MR) is 66.8 cm³/mol. The predicted octanol–water partition coefficient (Wildman–Crippen LogP) is 2.93. The van der Waals surface area contributed by atoms with Gasteiger partial charge in [0.15, 0.2) is 0 Å². The summed E-state index contributed by atoms with van der Waals surface area (Å²) < 4.78 is 1.86. The van der Waals surface area contributed by atoms with Crippen LogP contribution in [-0.4, -0.2) is 14.8 Å². The van der Waals surface area contributed by atoms with Crippen LogP contribution in [0.5, 0.6) is 0 Å². The standard InChI is InChI=1S/C14H11N3/c1-2-6-14(7-3-1)17-11-13(10-16-17)12-5-4-8-15-9-12/h1-11H. The summed E-state index contributed by atoms with van der Waals surface area (Å²) in [5, 5.41) is 4.35. The summed E-state index contributed by atoms with van der Waals surface area (Å²) in [6, 6.07) is 14.0. The van der Waals surface area contributed by atoms with Crippen molar-refractivity contribution in [3.63, 3.8) is 0 Å². The Morgan fingerprint density at radius 1 is 0.824 bits per heavy atom. The zero-order valence-corrected chi connectivity index (χ0v) is 9.19. The first-order chi connectivity index (χ1) is 8.43. The van der Waals surface area contributed by atoms with Gasteiger partial charge in [0.25, 0.3) is 0 Å². The van der Waals surface area contributed by atoms with Crippen molar-refractivity contribution in [1.29, 1.82) is 0 Å². The van der Waals surface area contributed by atoms with Crippen LogP contribution in [0.4, 0.5) is 0 Å². The largest absolute Gasteiger partial charge is 0.264 e. The fourth-order valence-electron chi connectivity index (χ4n) is 1.73. The average Bonchev–Trinajstić information content (AvgIpc) is 2.90. The molecule has 0 aliphatic heterocycles. The number of benzene rings is 1. The lowest BCUT2D eigenvalue weighted by atomic mass is 10.2. The Labute approximate surface area is 99.4 Å². The van der Waals surface area contributed by atoms with Crippen LogP contribution >= 0.6 is 0 Å². The Kier molecular flexibility index (Phi) is 2.43. The van der Waals surface area contributed by atoms with Crippen molar-refractivity contribution in [1.82, 2.24) is 14.8 Å². The number of para-hydroxylation sites is 1. The summed E-state index contributed by atoms with van der Waals surface area (Å²) in [4.78, 5) is 4.11. The van der Waals surface area contributed by atoms with E-state index in [-0.39, 0.29) is 0 Å². The molecule has 0 amide bonds. The lowest BCUT2D eigenvalue weighted by Gasteiger charge is -1.99. The van der Waals surface area contributed by atoms with Gasteiger partial charge in [0, 0.05) is 29.7 Å². The van der Waals surface area contributed by atoms with Gasteiger partial charge < -0.3 is 0 Å². The van der Waals surface area contributed by atoms with Crippen molar-refractivity contribution in [2.75, 3.05) is 0 Å². The van der Waals surface area contributed by atoms with E-state index in [0.717, 1.165) is 16.8 Å². The van der Waals surface area contributed by atoms with Crippen LogP contribution < -0.4 is 0 Å². The van der Waals surface area contributed by atoms with Crippen LogP contribution in [0.2, 0.25) is 0 Å². The number of hydrogen-bond acceptors (Lipinski definition) is 2. The number of hydrogen-bond donors (Lipinski definition) is 0. The molecule has 3 nitrogen and oxygen atoms in total. The van der Waals surface area contributed by atoms with Crippen LogP contribution in [0, 0.1) is 0 Å². The number of aromatic nitrogens is 3. The molecule has 82 valence electrons. The molecule has 2 heterocycles. The van der Waals surface area contributed by atoms with Gasteiger partial charge in [-0.2, -0.15) is 5.10 Å². The third-order valence-corrected chi connectivity index (χ3v) is 2.60. The number of rotatable bonds is 2. The van der Waals surface area contributed by atoms with E-state index in [1.54, 1.807) is 6.20 Å². The molecule has 0 N–H and O–H groups in total. The summed E-state index contributed by atoms with van der Waals surface area (Å²) in [6.45, 7) is 0. The van der Waals surface area contributed by atoms with Gasteiger partial charge in [-0.15, -0.1) is 0 Å². The molecule has 0 radical (unpaired) electrons. The minimum atomic E-state index is 1.06. The lowest BCUT2D eigenvalue weighted by molar-refractivity contribution is 0.881. The zero-order chi connectivity index (χ0) is 11.5. The summed E-state index contributed by atoms with van der Waals surface area (Å²) in [7, 11) is 0. The van der Waals surface area contributed by atoms with Crippen molar-refractivity contribution in [2.45, 2.75) is 0 Å². The van der Waals surface area contributed by atoms with Gasteiger partial charge in [-0.1, -0.05) is 24.3 Å². The molecule has 3 aromatic rings. The molecule has 0 aliphatic rings. The maximum Gasteiger partial charge on any atom is 0.0645 e. The van der Waals surface area contributed by atoms with Gasteiger partial charge in [-0.3, -0.25) is 4.98 Å². The molecule has 0 saturated heterocycles. The van der Waals surface area contributed by atoms with E-state index in [2.05, 4.69) is 10.1 Å². The molecule has 17 heavy (non-hydrogen) atoms. The van der Waals surface area contributed by atoms with Gasteiger partial charge >= 0.3 is 0 Å². The Bertz CT molecular complexity index is 546. The summed E-state index contributed by atoms with van der Waals surface area (Å²) in [6.07, 6.45) is 7.47. The third kappa shape index (κ3) is 1.95. The Hall–Kier alpha value is -2.42. The van der Waals surface area contributed by atoms with E-state index < -0.39 is 0 Å². The summed E-state index contributed by atoms with van der Waals surface area (Å²) in [5.74, 6) is 0. The van der Waals surface area contributed by atoms with Crippen LogP contribution in [0.25, 0.3) is 16.8 Å². The van der Waals surface area contributed by atoms with E-state index in [1.807, 2.05) is 65.7 Å². The number of nitrogens with zero attached hydrogens (tertiary/aromatic N) is 3. The quantitative estimate of drug-likeness (QED) is 0.666. The fraction of sp³-hybridized carbons (Fsp3) is 0. The highest BCUT2D eigenvalue weighted by Crippen LogP contribution is 2.18. The van der Waals surface area contributed by atoms with Gasteiger partial charge in [-0.05, 0) is 18.2 Å². The van der Waals surface area contributed by atoms with Gasteiger partial charge in [0.1, 0.15) is 0 Å². The summed E-state index contributed by atoms with van der Waals surface area (Å²) >= 11 is 0. The maximum absolute atomic E-state index is 4.35. The molecule has 0 unspecified atom stereocenters. The molecule has 0 bridgehead atoms. The highest BCUT2D eigenvalue weighted by molar-refractivity contribution is 5.60. The second-order valence-corrected chi connectivity index (χ2v) is 3.75. The van der Waals surface area contributed by atoms with E-state index in [1.165, 1.54) is 0 Å². The third-order valence-electron chi connectivity index (χ3n) is 2.60. The van der Waals surface area contributed by atoms with Gasteiger partial charge in [-0.25, -0.2) is 4.68 Å². The molecule has 3 rings (SSSR count). The first kappa shape index (κ1) is 9.78. The van der Waals surface area contributed by atoms with Gasteiger partial charge in [0.05, 0.1) is 11.9 Å². The monoisotopic (exact) mass is 221 g/mol. The molecule has 3 heteroatoms. The maximum atomic E-state index is 4.35. The minimum Gasteiger partial charge on any atom is -0.264 e. The smallest absolute Gasteiger partial charge is 0.0645 e. The summed E-state index contributed by atoms with van der Waals surface area (Å²) in [5.41, 5.74) is 3.21. The lowest BCUT2D eigenvalue weighted by Crippen LogP contribution is -1.92. The van der Waals surface area contributed by atoms with Gasteiger partial charge in [0.2, 0.25) is 0 Å². The minimum absolute atomic E-state index is 1.06. The van der Waals surface area contributed by atoms with Crippen molar-refractivity contribution < 1.29 is 0 Å². The zero-order valence-electron chi connectivity index (χ0n) is 9.19. The fourth-order valence-corrected chi connectivity index (χ4v) is 1.73. The normalized spacial score (nSPS) is 10.4. The second kappa shape index (κ2) is 4.22. The van der Waals surface area contributed by atoms with Crippen LogP contribution in [0.3, 0.4) is 0 Å². The van der Waals surface area contributed by atoms with Crippen molar-refractivity contribution in [3.8, 4) is 16.8 Å². The average molecular weight is 221 g/mol. The van der Waals surface area contributed by atoms with Crippen molar-refractivity contribution >= 4 is 0 Å². The van der Waals surface area contributed by atoms with Crippen LogP contribution in [0.1, 0.15) is 0 Å². The Morgan fingerprint density at radius 2 is 1.71 bits per heavy atom. The molecule has 2 aromatic heterocycles. The van der Waals surface area contributed by atoms with Crippen molar-refractivity contribution in [3.05, 3.63) is 67.3 Å². The molecule has 0 aliphatic carbocycles. The first-order valence-electron chi connectivity index (χ1n) is 5.44. The SMILES string of the molecule is c1ccc(-n2cc(-c3cccnc3)cn2)cc1. The first-order valence-corrected chi connectivity index (χ1v) is 5.44. The topological polar surface area (TPSA) is 30.7 Å². The second-order valence-electron chi connectivity index (χ2n) is 3.75. The molecule has 0 spiro atoms. The van der Waals surface area contributed by atoms with E-state index in [9.17, 15) is 0 Å². The van der Waals surface area contributed by atoms with E-state index in [0.29, 0.717) is 0 Å². The van der Waals surface area contributed by atoms with E-state index >= 15 is 0 Å². The van der Waals surface area contributed by atoms with Crippen molar-refractivity contribution in [2.24, 2.45) is 0 Å². The molecular weight excluding hydrogens is 210 g/mol. The van der Waals surface area contributed by atoms with E-state index in [4.69, 9.17) is 0 Å². The highest BCUT2D eigenvalue weighted by Gasteiger charge is 2.02. The molecular formula is C14H11N3. The van der Waals surface area contributed by atoms with Crippen LogP contribution in [-0.2, 0) is 0 Å².